The molecule has 0 radical (unpaired) electrons. The second kappa shape index (κ2) is 6.53. The molecule has 1 fully saturated rings. The SMILES string of the molecule is Cc1cnc(Sc2nc(Cl)nc(N3CCCCC3)n2)nc1. The van der Waals surface area contributed by atoms with Gasteiger partial charge in [0.25, 0.3) is 0 Å². The molecular formula is C13H15ClN6S. The monoisotopic (exact) mass is 322 g/mol. The third-order valence-corrected chi connectivity index (χ3v) is 4.08. The summed E-state index contributed by atoms with van der Waals surface area (Å²) >= 11 is 7.31. The molecular weight excluding hydrogens is 308 g/mol. The van der Waals surface area contributed by atoms with Crippen molar-refractivity contribution in [3.63, 3.8) is 0 Å². The molecule has 1 aliphatic heterocycles. The Morgan fingerprint density at radius 2 is 1.71 bits per heavy atom. The predicted octanol–water partition coefficient (Wildman–Crippen LogP) is 2.76. The quantitative estimate of drug-likeness (QED) is 0.805. The van der Waals surface area contributed by atoms with E-state index in [0.717, 1.165) is 31.5 Å². The van der Waals surface area contributed by atoms with Crippen molar-refractivity contribution in [3.8, 4) is 0 Å². The highest BCUT2D eigenvalue weighted by Gasteiger charge is 2.16. The topological polar surface area (TPSA) is 67.7 Å². The summed E-state index contributed by atoms with van der Waals surface area (Å²) in [4.78, 5) is 23.5. The Morgan fingerprint density at radius 3 is 2.43 bits per heavy atom. The summed E-state index contributed by atoms with van der Waals surface area (Å²) in [6.45, 7) is 3.87. The molecule has 0 amide bonds. The van der Waals surface area contributed by atoms with Crippen LogP contribution in [0.5, 0.6) is 0 Å². The molecule has 0 unspecified atom stereocenters. The Labute approximate surface area is 132 Å². The van der Waals surface area contributed by atoms with Gasteiger partial charge in [-0.25, -0.2) is 9.97 Å². The zero-order valence-electron chi connectivity index (χ0n) is 11.7. The highest BCUT2D eigenvalue weighted by atomic mass is 35.5. The van der Waals surface area contributed by atoms with Gasteiger partial charge in [-0.3, -0.25) is 0 Å². The van der Waals surface area contributed by atoms with E-state index in [0.29, 0.717) is 16.3 Å². The molecule has 0 aromatic carbocycles. The summed E-state index contributed by atoms with van der Waals surface area (Å²) in [6, 6.07) is 0. The van der Waals surface area contributed by atoms with Gasteiger partial charge in [0.15, 0.2) is 5.16 Å². The van der Waals surface area contributed by atoms with Gasteiger partial charge in [-0.05, 0) is 55.1 Å². The van der Waals surface area contributed by atoms with Gasteiger partial charge in [-0.1, -0.05) is 0 Å². The number of rotatable bonds is 3. The Hall–Kier alpha value is -1.47. The summed E-state index contributed by atoms with van der Waals surface area (Å²) in [5.41, 5.74) is 1.02. The molecule has 3 rings (SSSR count). The first-order valence-electron chi connectivity index (χ1n) is 6.84. The Balaban J connectivity index is 1.81. The van der Waals surface area contributed by atoms with Gasteiger partial charge in [-0.2, -0.15) is 15.0 Å². The van der Waals surface area contributed by atoms with E-state index in [1.807, 2.05) is 6.92 Å². The van der Waals surface area contributed by atoms with Crippen LogP contribution in [-0.4, -0.2) is 38.0 Å². The van der Waals surface area contributed by atoms with Gasteiger partial charge < -0.3 is 4.90 Å². The van der Waals surface area contributed by atoms with E-state index in [1.165, 1.54) is 18.2 Å². The number of anilines is 1. The fourth-order valence-electron chi connectivity index (χ4n) is 2.12. The zero-order chi connectivity index (χ0) is 14.7. The van der Waals surface area contributed by atoms with Crippen LogP contribution >= 0.6 is 23.4 Å². The standard InChI is InChI=1S/C13H15ClN6S/c1-9-7-15-12(16-8-9)21-13-18-10(14)17-11(19-13)20-5-3-2-4-6-20/h7-8H,2-6H2,1H3. The fourth-order valence-corrected chi connectivity index (χ4v) is 2.96. The van der Waals surface area contributed by atoms with Crippen LogP contribution in [0.2, 0.25) is 5.28 Å². The van der Waals surface area contributed by atoms with E-state index in [2.05, 4.69) is 29.8 Å². The van der Waals surface area contributed by atoms with Crippen molar-refractivity contribution in [2.75, 3.05) is 18.0 Å². The molecule has 0 saturated carbocycles. The number of hydrogen-bond donors (Lipinski definition) is 0. The van der Waals surface area contributed by atoms with Crippen molar-refractivity contribution in [2.24, 2.45) is 0 Å². The van der Waals surface area contributed by atoms with Crippen molar-refractivity contribution in [3.05, 3.63) is 23.2 Å². The molecule has 2 aromatic rings. The van der Waals surface area contributed by atoms with E-state index in [-0.39, 0.29) is 5.28 Å². The molecule has 6 nitrogen and oxygen atoms in total. The van der Waals surface area contributed by atoms with E-state index >= 15 is 0 Å². The third-order valence-electron chi connectivity index (χ3n) is 3.15. The molecule has 0 bridgehead atoms. The number of aryl methyl sites for hydroxylation is 1. The van der Waals surface area contributed by atoms with Gasteiger partial charge in [-0.15, -0.1) is 0 Å². The number of hydrogen-bond acceptors (Lipinski definition) is 7. The Kier molecular flexibility index (Phi) is 4.50. The van der Waals surface area contributed by atoms with Crippen LogP contribution in [0, 0.1) is 6.92 Å². The lowest BCUT2D eigenvalue weighted by atomic mass is 10.1. The lowest BCUT2D eigenvalue weighted by Crippen LogP contribution is -2.31. The minimum Gasteiger partial charge on any atom is -0.341 e. The summed E-state index contributed by atoms with van der Waals surface area (Å²) in [5, 5.41) is 1.34. The van der Waals surface area contributed by atoms with E-state index in [1.54, 1.807) is 12.4 Å². The summed E-state index contributed by atoms with van der Waals surface area (Å²) in [5.74, 6) is 0.643. The van der Waals surface area contributed by atoms with Gasteiger partial charge in [0.05, 0.1) is 0 Å². The fraction of sp³-hybridized carbons (Fsp3) is 0.462. The van der Waals surface area contributed by atoms with Crippen LogP contribution in [0.4, 0.5) is 5.95 Å². The average Bonchev–Trinajstić information content (AvgIpc) is 2.50. The molecule has 1 saturated heterocycles. The highest BCUT2D eigenvalue weighted by molar-refractivity contribution is 7.99. The second-order valence-electron chi connectivity index (χ2n) is 4.88. The summed E-state index contributed by atoms with van der Waals surface area (Å²) in [6.07, 6.45) is 7.11. The zero-order valence-corrected chi connectivity index (χ0v) is 13.2. The molecule has 3 heterocycles. The lowest BCUT2D eigenvalue weighted by Gasteiger charge is -2.26. The van der Waals surface area contributed by atoms with Crippen LogP contribution in [-0.2, 0) is 0 Å². The molecule has 110 valence electrons. The second-order valence-corrected chi connectivity index (χ2v) is 6.15. The maximum absolute atomic E-state index is 6.02. The van der Waals surface area contributed by atoms with Crippen LogP contribution in [0.25, 0.3) is 0 Å². The first-order valence-corrected chi connectivity index (χ1v) is 8.03. The van der Waals surface area contributed by atoms with Crippen molar-refractivity contribution < 1.29 is 0 Å². The summed E-state index contributed by atoms with van der Waals surface area (Å²) < 4.78 is 0. The first kappa shape index (κ1) is 14.5. The molecule has 2 aromatic heterocycles. The lowest BCUT2D eigenvalue weighted by molar-refractivity contribution is 0.564. The van der Waals surface area contributed by atoms with Crippen molar-refractivity contribution in [1.29, 1.82) is 0 Å². The van der Waals surface area contributed by atoms with Gasteiger partial charge in [0, 0.05) is 25.5 Å². The number of aromatic nitrogens is 5. The number of nitrogens with zero attached hydrogens (tertiary/aromatic N) is 6. The smallest absolute Gasteiger partial charge is 0.230 e. The van der Waals surface area contributed by atoms with Crippen LogP contribution in [0.1, 0.15) is 24.8 Å². The van der Waals surface area contributed by atoms with Gasteiger partial charge in [0.1, 0.15) is 0 Å². The first-order chi connectivity index (χ1) is 10.2. The van der Waals surface area contributed by atoms with Crippen molar-refractivity contribution in [1.82, 2.24) is 24.9 Å². The third kappa shape index (κ3) is 3.79. The largest absolute Gasteiger partial charge is 0.341 e. The minimum atomic E-state index is 0.209. The predicted molar refractivity (Wildman–Crippen MR) is 81.8 cm³/mol. The van der Waals surface area contributed by atoms with Crippen molar-refractivity contribution in [2.45, 2.75) is 36.5 Å². The highest BCUT2D eigenvalue weighted by Crippen LogP contribution is 2.24. The van der Waals surface area contributed by atoms with Gasteiger partial charge >= 0.3 is 0 Å². The maximum Gasteiger partial charge on any atom is 0.230 e. The van der Waals surface area contributed by atoms with Crippen LogP contribution in [0.15, 0.2) is 22.7 Å². The Bertz CT molecular complexity index is 615. The minimum absolute atomic E-state index is 0.209. The van der Waals surface area contributed by atoms with E-state index in [9.17, 15) is 0 Å². The summed E-state index contributed by atoms with van der Waals surface area (Å²) in [7, 11) is 0. The molecule has 8 heteroatoms. The molecule has 0 spiro atoms. The van der Waals surface area contributed by atoms with Crippen LogP contribution < -0.4 is 4.90 Å². The molecule has 0 atom stereocenters. The Morgan fingerprint density at radius 1 is 1.00 bits per heavy atom. The molecule has 1 aliphatic rings. The van der Waals surface area contributed by atoms with Crippen molar-refractivity contribution >= 4 is 29.3 Å². The number of halogens is 1. The number of piperidine rings is 1. The molecule has 0 aliphatic carbocycles. The molecule has 0 N–H and O–H groups in total. The molecule has 21 heavy (non-hydrogen) atoms. The normalized spacial score (nSPS) is 15.2. The van der Waals surface area contributed by atoms with Gasteiger partial charge in [0.2, 0.25) is 16.4 Å². The van der Waals surface area contributed by atoms with E-state index in [4.69, 9.17) is 11.6 Å². The van der Waals surface area contributed by atoms with E-state index < -0.39 is 0 Å². The van der Waals surface area contributed by atoms with Crippen LogP contribution in [0.3, 0.4) is 0 Å². The maximum atomic E-state index is 6.02. The average molecular weight is 323 g/mol.